The van der Waals surface area contributed by atoms with Gasteiger partial charge in [0, 0.05) is 13.1 Å². The molecule has 1 aromatic rings. The number of amides is 2. The number of ether oxygens (including phenoxy) is 1. The molecule has 5 heteroatoms. The molecule has 2 fully saturated rings. The van der Waals surface area contributed by atoms with Gasteiger partial charge in [-0.3, -0.25) is 9.69 Å². The van der Waals surface area contributed by atoms with Crippen molar-refractivity contribution in [3.05, 3.63) is 60.2 Å². The highest BCUT2D eigenvalue weighted by molar-refractivity contribution is 5.86. The molecule has 2 amide bonds. The predicted octanol–water partition coefficient (Wildman–Crippen LogP) is 5.33. The molecule has 1 aromatic carbocycles. The molecule has 2 unspecified atom stereocenters. The first-order valence-electron chi connectivity index (χ1n) is 11.1. The van der Waals surface area contributed by atoms with Gasteiger partial charge in [0.2, 0.25) is 5.91 Å². The minimum Gasteiger partial charge on any atom is -0.444 e. The number of carbonyl (C=O) groups excluding carboxylic acids is 2. The molecule has 2 aliphatic rings. The van der Waals surface area contributed by atoms with Crippen molar-refractivity contribution in [3.63, 3.8) is 0 Å². The van der Waals surface area contributed by atoms with Gasteiger partial charge in [0.25, 0.3) is 0 Å². The number of nitrogens with zero attached hydrogens (tertiary/aromatic N) is 2. The third-order valence-electron chi connectivity index (χ3n) is 6.45. The van der Waals surface area contributed by atoms with Gasteiger partial charge in [-0.2, -0.15) is 0 Å². The minimum atomic E-state index is -0.582. The Hall–Kier alpha value is -2.56. The first kappa shape index (κ1) is 23.1. The molecule has 0 N–H and O–H groups in total. The lowest BCUT2D eigenvalue weighted by atomic mass is 9.76. The van der Waals surface area contributed by atoms with Gasteiger partial charge in [-0.05, 0) is 65.0 Å². The third-order valence-corrected chi connectivity index (χ3v) is 6.45. The van der Waals surface area contributed by atoms with Crippen LogP contribution in [0.4, 0.5) is 4.79 Å². The van der Waals surface area contributed by atoms with Crippen molar-refractivity contribution in [1.29, 1.82) is 0 Å². The summed E-state index contributed by atoms with van der Waals surface area (Å²) in [6.07, 6.45) is 5.22. The maximum atomic E-state index is 13.6. The molecule has 0 aromatic heterocycles. The van der Waals surface area contributed by atoms with Crippen molar-refractivity contribution in [1.82, 2.24) is 9.80 Å². The van der Waals surface area contributed by atoms with Crippen molar-refractivity contribution in [2.24, 2.45) is 5.41 Å². The van der Waals surface area contributed by atoms with Gasteiger partial charge >= 0.3 is 6.09 Å². The molecule has 168 valence electrons. The van der Waals surface area contributed by atoms with E-state index in [1.807, 2.05) is 42.7 Å². The van der Waals surface area contributed by atoms with Crippen molar-refractivity contribution < 1.29 is 14.3 Å². The molecule has 0 saturated carbocycles. The van der Waals surface area contributed by atoms with Crippen LogP contribution in [0.25, 0.3) is 0 Å². The van der Waals surface area contributed by atoms with Gasteiger partial charge < -0.3 is 9.64 Å². The van der Waals surface area contributed by atoms with E-state index < -0.39 is 11.0 Å². The summed E-state index contributed by atoms with van der Waals surface area (Å²) in [7, 11) is 0. The number of aryl methyl sites for hydroxylation is 2. The summed E-state index contributed by atoms with van der Waals surface area (Å²) in [6, 6.07) is 5.97. The fourth-order valence-corrected chi connectivity index (χ4v) is 5.12. The van der Waals surface area contributed by atoms with E-state index in [0.29, 0.717) is 32.4 Å². The second-order valence-corrected chi connectivity index (χ2v) is 10.0. The van der Waals surface area contributed by atoms with Crippen LogP contribution in [0.2, 0.25) is 0 Å². The van der Waals surface area contributed by atoms with Crippen LogP contribution < -0.4 is 0 Å². The predicted molar refractivity (Wildman–Crippen MR) is 124 cm³/mol. The fraction of sp³-hybridized carbons (Fsp3) is 0.538. The van der Waals surface area contributed by atoms with Crippen molar-refractivity contribution in [2.45, 2.75) is 71.6 Å². The lowest BCUT2D eigenvalue weighted by Gasteiger charge is -2.45. The van der Waals surface area contributed by atoms with E-state index in [4.69, 9.17) is 4.74 Å². The summed E-state index contributed by atoms with van der Waals surface area (Å²) in [5.74, 6) is 0.149. The summed E-state index contributed by atoms with van der Waals surface area (Å²) in [5.41, 5.74) is 2.22. The van der Waals surface area contributed by atoms with Crippen LogP contribution in [-0.2, 0) is 9.53 Å². The monoisotopic (exact) mass is 424 g/mol. The van der Waals surface area contributed by atoms with E-state index in [2.05, 4.69) is 45.2 Å². The van der Waals surface area contributed by atoms with Crippen molar-refractivity contribution in [2.75, 3.05) is 13.1 Å². The summed E-state index contributed by atoms with van der Waals surface area (Å²) < 4.78 is 5.77. The van der Waals surface area contributed by atoms with Crippen LogP contribution in [0.3, 0.4) is 0 Å². The van der Waals surface area contributed by atoms with Gasteiger partial charge in [0.05, 0.1) is 17.5 Å². The largest absolute Gasteiger partial charge is 0.444 e. The van der Waals surface area contributed by atoms with Crippen LogP contribution in [-0.4, -0.2) is 46.5 Å². The Morgan fingerprint density at radius 3 is 2.42 bits per heavy atom. The average molecular weight is 425 g/mol. The number of allylic oxidation sites excluding steroid dienone is 2. The molecule has 0 radical (unpaired) electrons. The molecule has 0 bridgehead atoms. The highest BCUT2D eigenvalue weighted by Crippen LogP contribution is 2.49. The lowest BCUT2D eigenvalue weighted by Crippen LogP contribution is -2.56. The highest BCUT2D eigenvalue weighted by Gasteiger charge is 2.56. The second-order valence-electron chi connectivity index (χ2n) is 10.0. The van der Waals surface area contributed by atoms with Crippen LogP contribution >= 0.6 is 0 Å². The van der Waals surface area contributed by atoms with Gasteiger partial charge in [-0.15, -0.1) is 13.2 Å². The van der Waals surface area contributed by atoms with E-state index in [0.717, 1.165) is 16.7 Å². The maximum absolute atomic E-state index is 13.6. The molecule has 2 atom stereocenters. The number of fused-ring (bicyclic) bond motifs is 1. The normalized spacial score (nSPS) is 22.8. The van der Waals surface area contributed by atoms with Crippen LogP contribution in [0.1, 0.15) is 62.8 Å². The zero-order chi connectivity index (χ0) is 23.0. The number of hydrogen-bond acceptors (Lipinski definition) is 3. The second kappa shape index (κ2) is 8.52. The Balaban J connectivity index is 2.09. The third kappa shape index (κ3) is 4.41. The maximum Gasteiger partial charge on any atom is 0.410 e. The van der Waals surface area contributed by atoms with Crippen LogP contribution in [0, 0.1) is 19.3 Å². The van der Waals surface area contributed by atoms with Crippen LogP contribution in [0.5, 0.6) is 0 Å². The first-order valence-corrected chi connectivity index (χ1v) is 11.1. The van der Waals surface area contributed by atoms with E-state index in [9.17, 15) is 9.59 Å². The number of carbonyl (C=O) groups is 2. The Morgan fingerprint density at radius 1 is 1.19 bits per heavy atom. The topological polar surface area (TPSA) is 49.9 Å². The molecule has 0 aliphatic carbocycles. The van der Waals surface area contributed by atoms with E-state index in [-0.39, 0.29) is 24.1 Å². The number of rotatable bonds is 5. The first-order chi connectivity index (χ1) is 14.5. The lowest BCUT2D eigenvalue weighted by molar-refractivity contribution is -0.139. The highest BCUT2D eigenvalue weighted by atomic mass is 16.6. The zero-order valence-corrected chi connectivity index (χ0v) is 19.6. The molecule has 0 spiro atoms. The van der Waals surface area contributed by atoms with Gasteiger partial charge in [0.15, 0.2) is 0 Å². The molecular weight excluding hydrogens is 388 g/mol. The molecular formula is C26H36N2O3. The Labute approximate surface area is 186 Å². The molecule has 3 rings (SSSR count). The number of piperazine rings is 1. The Morgan fingerprint density at radius 2 is 1.84 bits per heavy atom. The molecule has 5 nitrogen and oxygen atoms in total. The Kier molecular flexibility index (Phi) is 6.35. The smallest absolute Gasteiger partial charge is 0.410 e. The zero-order valence-electron chi connectivity index (χ0n) is 19.6. The van der Waals surface area contributed by atoms with E-state index in [1.165, 1.54) is 0 Å². The summed E-state index contributed by atoms with van der Waals surface area (Å²) in [4.78, 5) is 30.6. The molecule has 2 heterocycles. The quantitative estimate of drug-likeness (QED) is 0.600. The minimum absolute atomic E-state index is 0.103. The SMILES string of the molecule is C=CCC1(CC=C)CC2C(c3cc(C)ccc3C)N(C(=O)OC(C)(C)C)CCN2C1=O. The number of benzene rings is 1. The fourth-order valence-electron chi connectivity index (χ4n) is 5.12. The number of hydrogen-bond donors (Lipinski definition) is 0. The summed E-state index contributed by atoms with van der Waals surface area (Å²) in [5, 5.41) is 0. The average Bonchev–Trinajstić information content (AvgIpc) is 2.94. The van der Waals surface area contributed by atoms with Gasteiger partial charge in [-0.25, -0.2) is 4.79 Å². The Bertz CT molecular complexity index is 873. The van der Waals surface area contributed by atoms with Crippen LogP contribution in [0.15, 0.2) is 43.5 Å². The van der Waals surface area contributed by atoms with Crippen molar-refractivity contribution >= 4 is 12.0 Å². The molecule has 2 saturated heterocycles. The molecule has 31 heavy (non-hydrogen) atoms. The summed E-state index contributed by atoms with van der Waals surface area (Å²) >= 11 is 0. The van der Waals surface area contributed by atoms with E-state index in [1.54, 1.807) is 0 Å². The standard InChI is InChI=1S/C26H36N2O3/c1-8-12-26(13-9-2)17-21-22(20-16-18(3)10-11-19(20)4)28(15-14-27(21)23(26)29)24(30)31-25(5,6)7/h8-11,16,21-22H,1-2,12-15,17H2,3-7H3. The van der Waals surface area contributed by atoms with Gasteiger partial charge in [0.1, 0.15) is 5.60 Å². The molecule has 2 aliphatic heterocycles. The van der Waals surface area contributed by atoms with E-state index >= 15 is 0 Å². The summed E-state index contributed by atoms with van der Waals surface area (Å²) in [6.45, 7) is 18.5. The van der Waals surface area contributed by atoms with Gasteiger partial charge in [-0.1, -0.05) is 35.9 Å². The van der Waals surface area contributed by atoms with Crippen molar-refractivity contribution in [3.8, 4) is 0 Å².